The Hall–Kier alpha value is -2.06. The summed E-state index contributed by atoms with van der Waals surface area (Å²) in [4.78, 5) is 16.0. The van der Waals surface area contributed by atoms with E-state index < -0.39 is 17.5 Å². The molecule has 3 nitrogen and oxygen atoms in total. The largest absolute Gasteiger partial charge is 0.292 e. The molecule has 19 heavy (non-hydrogen) atoms. The van der Waals surface area contributed by atoms with Gasteiger partial charge in [-0.3, -0.25) is 9.78 Å². The predicted molar refractivity (Wildman–Crippen MR) is 71.0 cm³/mol. The van der Waals surface area contributed by atoms with Crippen molar-refractivity contribution in [2.75, 3.05) is 0 Å². The van der Waals surface area contributed by atoms with Gasteiger partial charge in [0.25, 0.3) is 0 Å². The zero-order valence-corrected chi connectivity index (χ0v) is 11.3. The van der Waals surface area contributed by atoms with E-state index in [9.17, 15) is 9.18 Å². The maximum absolute atomic E-state index is 13.4. The molecule has 0 saturated heterocycles. The second kappa shape index (κ2) is 5.72. The predicted octanol–water partition coefficient (Wildman–Crippen LogP) is 3.47. The molecule has 0 bridgehead atoms. The van der Waals surface area contributed by atoms with Crippen molar-refractivity contribution in [3.05, 3.63) is 64.1 Å². The molecule has 1 aromatic carbocycles. The maximum atomic E-state index is 13.4. The van der Waals surface area contributed by atoms with E-state index in [4.69, 9.17) is 5.26 Å². The molecule has 1 unspecified atom stereocenters. The van der Waals surface area contributed by atoms with Gasteiger partial charge >= 0.3 is 0 Å². The Morgan fingerprint density at radius 1 is 1.32 bits per heavy atom. The Morgan fingerprint density at radius 3 is 2.58 bits per heavy atom. The van der Waals surface area contributed by atoms with Crippen LogP contribution in [-0.4, -0.2) is 10.8 Å². The van der Waals surface area contributed by atoms with Crippen LogP contribution >= 0.6 is 15.9 Å². The second-order valence-corrected chi connectivity index (χ2v) is 4.69. The van der Waals surface area contributed by atoms with Crippen LogP contribution in [0.1, 0.15) is 21.8 Å². The minimum Gasteiger partial charge on any atom is -0.292 e. The van der Waals surface area contributed by atoms with Crippen molar-refractivity contribution in [1.82, 2.24) is 4.98 Å². The molecule has 0 spiro atoms. The first-order valence-electron chi connectivity index (χ1n) is 5.42. The Labute approximate surface area is 117 Å². The lowest BCUT2D eigenvalue weighted by Crippen LogP contribution is -2.11. The number of carbonyl (C=O) groups is 1. The number of rotatable bonds is 3. The average Bonchev–Trinajstić information content (AvgIpc) is 2.44. The molecule has 1 aromatic heterocycles. The van der Waals surface area contributed by atoms with E-state index in [-0.39, 0.29) is 10.0 Å². The topological polar surface area (TPSA) is 53.8 Å². The molecule has 0 N–H and O–H groups in total. The van der Waals surface area contributed by atoms with Crippen LogP contribution < -0.4 is 0 Å². The molecule has 94 valence electrons. The monoisotopic (exact) mass is 318 g/mol. The molecule has 1 atom stereocenters. The quantitative estimate of drug-likeness (QED) is 0.814. The van der Waals surface area contributed by atoms with Crippen LogP contribution in [0, 0.1) is 17.1 Å². The summed E-state index contributed by atoms with van der Waals surface area (Å²) in [6.45, 7) is 0. The van der Waals surface area contributed by atoms with Gasteiger partial charge in [-0.15, -0.1) is 0 Å². The molecule has 0 fully saturated rings. The normalized spacial score (nSPS) is 11.6. The number of pyridine rings is 1. The van der Waals surface area contributed by atoms with Crippen molar-refractivity contribution >= 4 is 21.7 Å². The molecule has 0 aliphatic carbocycles. The van der Waals surface area contributed by atoms with E-state index in [1.807, 2.05) is 6.07 Å². The molecular formula is C14H8BrFN2O. The summed E-state index contributed by atoms with van der Waals surface area (Å²) < 4.78 is 13.7. The number of aromatic nitrogens is 1. The second-order valence-electron chi connectivity index (χ2n) is 3.84. The van der Waals surface area contributed by atoms with Gasteiger partial charge in [-0.25, -0.2) is 4.39 Å². The van der Waals surface area contributed by atoms with Crippen LogP contribution in [0.3, 0.4) is 0 Å². The molecule has 0 amide bonds. The molecule has 0 aliphatic heterocycles. The van der Waals surface area contributed by atoms with Gasteiger partial charge in [0, 0.05) is 18.0 Å². The Bertz CT molecular complexity index is 652. The summed E-state index contributed by atoms with van der Waals surface area (Å²) in [5.74, 6) is -1.92. The third-order valence-corrected chi connectivity index (χ3v) is 3.28. The van der Waals surface area contributed by atoms with Crippen molar-refractivity contribution < 1.29 is 9.18 Å². The SMILES string of the molecule is N#CC(C(=O)c1ccc(Br)c(F)c1)c1ccncc1. The summed E-state index contributed by atoms with van der Waals surface area (Å²) >= 11 is 3.02. The van der Waals surface area contributed by atoms with Crippen LogP contribution in [-0.2, 0) is 0 Å². The molecule has 0 radical (unpaired) electrons. The third kappa shape index (κ3) is 2.85. The first-order valence-corrected chi connectivity index (χ1v) is 6.21. The van der Waals surface area contributed by atoms with Crippen molar-refractivity contribution in [3.63, 3.8) is 0 Å². The number of halogens is 2. The number of ketones is 1. The number of benzene rings is 1. The van der Waals surface area contributed by atoms with Gasteiger partial charge in [0.1, 0.15) is 11.7 Å². The fourth-order valence-corrected chi connectivity index (χ4v) is 1.90. The van der Waals surface area contributed by atoms with Crippen LogP contribution in [0.2, 0.25) is 0 Å². The highest BCUT2D eigenvalue weighted by Gasteiger charge is 2.22. The fraction of sp³-hybridized carbons (Fsp3) is 0.0714. The van der Waals surface area contributed by atoms with Crippen molar-refractivity contribution in [2.24, 2.45) is 0 Å². The van der Waals surface area contributed by atoms with Gasteiger partial charge in [-0.05, 0) is 45.8 Å². The van der Waals surface area contributed by atoms with Gasteiger partial charge in [0.05, 0.1) is 10.5 Å². The first-order chi connectivity index (χ1) is 9.13. The molecule has 0 saturated carbocycles. The third-order valence-electron chi connectivity index (χ3n) is 2.63. The van der Waals surface area contributed by atoms with E-state index in [2.05, 4.69) is 20.9 Å². The van der Waals surface area contributed by atoms with Crippen molar-refractivity contribution in [3.8, 4) is 6.07 Å². The van der Waals surface area contributed by atoms with Gasteiger partial charge < -0.3 is 0 Å². The van der Waals surface area contributed by atoms with Gasteiger partial charge in [0.2, 0.25) is 0 Å². The number of carbonyl (C=O) groups excluding carboxylic acids is 1. The highest BCUT2D eigenvalue weighted by molar-refractivity contribution is 9.10. The van der Waals surface area contributed by atoms with E-state index >= 15 is 0 Å². The van der Waals surface area contributed by atoms with E-state index in [1.165, 1.54) is 24.5 Å². The standard InChI is InChI=1S/C14H8BrFN2O/c15-12-2-1-10(7-13(12)16)14(19)11(8-17)9-3-5-18-6-4-9/h1-7,11H. The highest BCUT2D eigenvalue weighted by atomic mass is 79.9. The highest BCUT2D eigenvalue weighted by Crippen LogP contribution is 2.23. The minimum absolute atomic E-state index is 0.170. The number of hydrogen-bond acceptors (Lipinski definition) is 3. The lowest BCUT2D eigenvalue weighted by atomic mass is 9.92. The zero-order chi connectivity index (χ0) is 13.8. The number of hydrogen-bond donors (Lipinski definition) is 0. The lowest BCUT2D eigenvalue weighted by molar-refractivity contribution is 0.0978. The molecule has 1 heterocycles. The van der Waals surface area contributed by atoms with Crippen LogP contribution in [0.15, 0.2) is 47.2 Å². The van der Waals surface area contributed by atoms with E-state index in [1.54, 1.807) is 12.1 Å². The number of Topliss-reactive ketones (excluding diaryl/α,β-unsaturated/α-hetero) is 1. The van der Waals surface area contributed by atoms with Crippen LogP contribution in [0.4, 0.5) is 4.39 Å². The summed E-state index contributed by atoms with van der Waals surface area (Å²) in [7, 11) is 0. The van der Waals surface area contributed by atoms with E-state index in [0.29, 0.717) is 5.56 Å². The van der Waals surface area contributed by atoms with Gasteiger partial charge in [-0.2, -0.15) is 5.26 Å². The summed E-state index contributed by atoms with van der Waals surface area (Å²) in [5, 5.41) is 9.14. The van der Waals surface area contributed by atoms with Crippen molar-refractivity contribution in [2.45, 2.75) is 5.92 Å². The molecule has 0 aliphatic rings. The first kappa shape index (κ1) is 13.4. The number of nitriles is 1. The molecule has 5 heteroatoms. The lowest BCUT2D eigenvalue weighted by Gasteiger charge is -2.08. The van der Waals surface area contributed by atoms with Crippen molar-refractivity contribution in [1.29, 1.82) is 5.26 Å². The molecule has 2 aromatic rings. The van der Waals surface area contributed by atoms with Gasteiger partial charge in [-0.1, -0.05) is 6.07 Å². The average molecular weight is 319 g/mol. The summed E-state index contributed by atoms with van der Waals surface area (Å²) in [5.41, 5.74) is 0.717. The van der Waals surface area contributed by atoms with Gasteiger partial charge in [0.15, 0.2) is 5.78 Å². The molecule has 2 rings (SSSR count). The molecular weight excluding hydrogens is 311 g/mol. The smallest absolute Gasteiger partial charge is 0.184 e. The summed E-state index contributed by atoms with van der Waals surface area (Å²) in [6, 6.07) is 9.19. The van der Waals surface area contributed by atoms with E-state index in [0.717, 1.165) is 6.07 Å². The van der Waals surface area contributed by atoms with Crippen LogP contribution in [0.25, 0.3) is 0 Å². The minimum atomic E-state index is -0.955. The zero-order valence-electron chi connectivity index (χ0n) is 9.68. The Balaban J connectivity index is 2.37. The number of nitrogens with zero attached hydrogens (tertiary/aromatic N) is 2. The maximum Gasteiger partial charge on any atom is 0.184 e. The fourth-order valence-electron chi connectivity index (χ4n) is 1.66. The Kier molecular flexibility index (Phi) is 4.03. The summed E-state index contributed by atoms with van der Waals surface area (Å²) in [6.07, 6.45) is 3.02. The Morgan fingerprint density at radius 2 is 2.00 bits per heavy atom. The van der Waals surface area contributed by atoms with Crippen LogP contribution in [0.5, 0.6) is 0 Å².